The molecule has 0 aromatic carbocycles. The summed E-state index contributed by atoms with van der Waals surface area (Å²) < 4.78 is 29.2. The molecule has 0 spiro atoms. The van der Waals surface area contributed by atoms with Gasteiger partial charge in [0, 0.05) is 13.6 Å². The van der Waals surface area contributed by atoms with E-state index in [-0.39, 0.29) is 17.8 Å². The van der Waals surface area contributed by atoms with Crippen LogP contribution in [-0.4, -0.2) is 44.6 Å². The number of hydrogen-bond acceptors (Lipinski definition) is 4. The van der Waals surface area contributed by atoms with Crippen molar-refractivity contribution in [3.8, 4) is 0 Å². The quantitative estimate of drug-likeness (QED) is 0.639. The highest BCUT2D eigenvalue weighted by atomic mass is 32.2. The lowest BCUT2D eigenvalue weighted by atomic mass is 10.2. The van der Waals surface area contributed by atoms with Gasteiger partial charge in [-0.05, 0) is 12.8 Å². The fraction of sp³-hybridized carbons (Fsp3) is 0.889. The minimum Gasteiger partial charge on any atom is -0.469 e. The monoisotopic (exact) mass is 235 g/mol. The number of rotatable bonds is 5. The van der Waals surface area contributed by atoms with Crippen molar-refractivity contribution in [1.29, 1.82) is 0 Å². The number of methoxy groups -OCH3 is 1. The third-order valence-corrected chi connectivity index (χ3v) is 4.85. The van der Waals surface area contributed by atoms with Gasteiger partial charge in [0.05, 0.1) is 18.3 Å². The van der Waals surface area contributed by atoms with Crippen molar-refractivity contribution in [1.82, 2.24) is 4.31 Å². The fourth-order valence-corrected chi connectivity index (χ4v) is 3.06. The fourth-order valence-electron chi connectivity index (χ4n) is 1.39. The molecule has 5 nitrogen and oxygen atoms in total. The Hall–Kier alpha value is -0.620. The van der Waals surface area contributed by atoms with E-state index in [0.29, 0.717) is 0 Å². The Morgan fingerprint density at radius 3 is 2.47 bits per heavy atom. The first kappa shape index (κ1) is 12.4. The lowest BCUT2D eigenvalue weighted by molar-refractivity contribution is -0.144. The molecule has 0 N–H and O–H groups in total. The van der Waals surface area contributed by atoms with Crippen molar-refractivity contribution >= 4 is 16.0 Å². The van der Waals surface area contributed by atoms with Crippen molar-refractivity contribution in [3.05, 3.63) is 0 Å². The maximum Gasteiger partial charge on any atom is 0.309 e. The van der Waals surface area contributed by atoms with E-state index in [9.17, 15) is 13.2 Å². The van der Waals surface area contributed by atoms with E-state index in [4.69, 9.17) is 0 Å². The topological polar surface area (TPSA) is 63.7 Å². The van der Waals surface area contributed by atoms with Gasteiger partial charge in [-0.2, -0.15) is 0 Å². The number of carbonyl (C=O) groups is 1. The second-order valence-electron chi connectivity index (χ2n) is 3.95. The third kappa shape index (κ3) is 2.92. The highest BCUT2D eigenvalue weighted by molar-refractivity contribution is 7.90. The highest BCUT2D eigenvalue weighted by Gasteiger charge is 2.39. The molecule has 88 valence electrons. The van der Waals surface area contributed by atoms with Gasteiger partial charge < -0.3 is 4.74 Å². The van der Waals surface area contributed by atoms with Crippen LogP contribution in [0.25, 0.3) is 0 Å². The molecular formula is C9H17NO4S. The van der Waals surface area contributed by atoms with Gasteiger partial charge in [-0.15, -0.1) is 0 Å². The normalized spacial score (nSPS) is 18.9. The van der Waals surface area contributed by atoms with Crippen LogP contribution >= 0.6 is 0 Å². The molecule has 1 aliphatic rings. The number of ether oxygens (including phenoxy) is 1. The number of sulfonamides is 1. The summed E-state index contributed by atoms with van der Waals surface area (Å²) in [5.74, 6) is -0.804. The maximum absolute atomic E-state index is 11.7. The minimum absolute atomic E-state index is 0.186. The second-order valence-corrected chi connectivity index (χ2v) is 6.27. The molecule has 1 unspecified atom stereocenters. The highest BCUT2D eigenvalue weighted by Crippen LogP contribution is 2.30. The van der Waals surface area contributed by atoms with Gasteiger partial charge >= 0.3 is 5.97 Å². The summed E-state index contributed by atoms with van der Waals surface area (Å²) in [6, 6.07) is 0. The molecule has 0 heterocycles. The van der Waals surface area contributed by atoms with Gasteiger partial charge in [-0.25, -0.2) is 12.7 Å². The zero-order valence-electron chi connectivity index (χ0n) is 9.26. The van der Waals surface area contributed by atoms with Crippen LogP contribution in [0.1, 0.15) is 19.8 Å². The number of nitrogens with zero attached hydrogens (tertiary/aromatic N) is 1. The Bertz CT molecular complexity index is 334. The largest absolute Gasteiger partial charge is 0.469 e. The van der Waals surface area contributed by atoms with E-state index in [1.807, 2.05) is 0 Å². The Morgan fingerprint density at radius 2 is 2.07 bits per heavy atom. The predicted octanol–water partition coefficient (Wildman–Crippen LogP) is 0.219. The van der Waals surface area contributed by atoms with Crippen molar-refractivity contribution in [2.24, 2.45) is 5.92 Å². The molecule has 1 atom stereocenters. The van der Waals surface area contributed by atoms with Crippen LogP contribution in [0, 0.1) is 5.92 Å². The average Bonchev–Trinajstić information content (AvgIpc) is 2.99. The van der Waals surface area contributed by atoms with Gasteiger partial charge in [-0.1, -0.05) is 6.92 Å². The molecule has 1 aliphatic carbocycles. The summed E-state index contributed by atoms with van der Waals surface area (Å²) in [5, 5.41) is -0.229. The standard InChI is InChI=1S/C9H17NO4S/c1-7(9(11)14-3)6-10(2)15(12,13)8-4-5-8/h7-8H,4-6H2,1-3H3. The number of hydrogen-bond donors (Lipinski definition) is 0. The molecule has 0 radical (unpaired) electrons. The van der Waals surface area contributed by atoms with E-state index < -0.39 is 15.9 Å². The van der Waals surface area contributed by atoms with E-state index in [1.54, 1.807) is 6.92 Å². The smallest absolute Gasteiger partial charge is 0.309 e. The summed E-state index contributed by atoms with van der Waals surface area (Å²) in [4.78, 5) is 11.1. The first-order valence-corrected chi connectivity index (χ1v) is 6.43. The Morgan fingerprint density at radius 1 is 1.53 bits per heavy atom. The average molecular weight is 235 g/mol. The second kappa shape index (κ2) is 4.49. The van der Waals surface area contributed by atoms with Crippen LogP contribution in [0.4, 0.5) is 0 Å². The summed E-state index contributed by atoms with van der Waals surface area (Å²) >= 11 is 0. The molecule has 0 amide bonds. The molecule has 0 aromatic heterocycles. The third-order valence-electron chi connectivity index (χ3n) is 2.51. The molecule has 1 saturated carbocycles. The van der Waals surface area contributed by atoms with Crippen molar-refractivity contribution < 1.29 is 17.9 Å². The van der Waals surface area contributed by atoms with Crippen LogP contribution in [0.3, 0.4) is 0 Å². The van der Waals surface area contributed by atoms with E-state index in [0.717, 1.165) is 12.8 Å². The molecular weight excluding hydrogens is 218 g/mol. The Labute approximate surface area is 90.4 Å². The molecule has 6 heteroatoms. The zero-order valence-corrected chi connectivity index (χ0v) is 10.1. The predicted molar refractivity (Wildman–Crippen MR) is 55.8 cm³/mol. The SMILES string of the molecule is COC(=O)C(C)CN(C)S(=O)(=O)C1CC1. The molecule has 0 saturated heterocycles. The molecule has 0 aromatic rings. The molecule has 1 rings (SSSR count). The Balaban J connectivity index is 2.55. The zero-order chi connectivity index (χ0) is 11.6. The van der Waals surface area contributed by atoms with Gasteiger partial charge in [0.15, 0.2) is 0 Å². The first-order valence-electron chi connectivity index (χ1n) is 4.92. The van der Waals surface area contributed by atoms with E-state index in [2.05, 4.69) is 4.74 Å². The molecule has 1 fully saturated rings. The maximum atomic E-state index is 11.7. The van der Waals surface area contributed by atoms with E-state index >= 15 is 0 Å². The summed E-state index contributed by atoms with van der Waals surface area (Å²) in [5.41, 5.74) is 0. The van der Waals surface area contributed by atoms with Crippen molar-refractivity contribution in [2.75, 3.05) is 20.7 Å². The number of carbonyl (C=O) groups excluding carboxylic acids is 1. The number of esters is 1. The summed E-state index contributed by atoms with van der Waals surface area (Å²) in [7, 11) is -0.370. The lowest BCUT2D eigenvalue weighted by Gasteiger charge is -2.19. The molecule has 0 aliphatic heterocycles. The van der Waals surface area contributed by atoms with Crippen LogP contribution < -0.4 is 0 Å². The van der Waals surface area contributed by atoms with Gasteiger partial charge in [0.2, 0.25) is 10.0 Å². The van der Waals surface area contributed by atoms with Gasteiger partial charge in [-0.3, -0.25) is 4.79 Å². The van der Waals surface area contributed by atoms with E-state index in [1.165, 1.54) is 18.5 Å². The Kier molecular flexibility index (Phi) is 3.72. The van der Waals surface area contributed by atoms with Crippen molar-refractivity contribution in [3.63, 3.8) is 0 Å². The van der Waals surface area contributed by atoms with Crippen LogP contribution in [0.5, 0.6) is 0 Å². The lowest BCUT2D eigenvalue weighted by Crippen LogP contribution is -2.36. The van der Waals surface area contributed by atoms with Crippen molar-refractivity contribution in [2.45, 2.75) is 25.0 Å². The first-order chi connectivity index (χ1) is 6.89. The molecule has 0 bridgehead atoms. The van der Waals surface area contributed by atoms with Gasteiger partial charge in [0.25, 0.3) is 0 Å². The van der Waals surface area contributed by atoms with Crippen LogP contribution in [0.15, 0.2) is 0 Å². The summed E-state index contributed by atoms with van der Waals surface area (Å²) in [6.45, 7) is 1.84. The summed E-state index contributed by atoms with van der Waals surface area (Å²) in [6.07, 6.45) is 1.47. The van der Waals surface area contributed by atoms with Crippen LogP contribution in [-0.2, 0) is 19.6 Å². The molecule has 15 heavy (non-hydrogen) atoms. The van der Waals surface area contributed by atoms with Crippen LogP contribution in [0.2, 0.25) is 0 Å². The van der Waals surface area contributed by atoms with Gasteiger partial charge in [0.1, 0.15) is 0 Å². The minimum atomic E-state index is -3.18.